The van der Waals surface area contributed by atoms with E-state index in [1.807, 2.05) is 18.2 Å². The van der Waals surface area contributed by atoms with Crippen LogP contribution in [0.15, 0.2) is 42.5 Å². The van der Waals surface area contributed by atoms with Gasteiger partial charge in [0, 0.05) is 41.7 Å². The van der Waals surface area contributed by atoms with Crippen LogP contribution in [0.3, 0.4) is 0 Å². The summed E-state index contributed by atoms with van der Waals surface area (Å²) in [5.74, 6) is -0.915. The van der Waals surface area contributed by atoms with Crippen molar-refractivity contribution in [2.45, 2.75) is 25.2 Å². The molecule has 3 aliphatic heterocycles. The van der Waals surface area contributed by atoms with Crippen LogP contribution in [0.2, 0.25) is 5.02 Å². The number of nitrogens with zero attached hydrogens (tertiary/aromatic N) is 2. The molecule has 2 fully saturated rings. The number of carbonyl (C=O) groups is 1. The average Bonchev–Trinajstić information content (AvgIpc) is 3.22. The van der Waals surface area contributed by atoms with Crippen LogP contribution in [-0.4, -0.2) is 55.1 Å². The van der Waals surface area contributed by atoms with Gasteiger partial charge in [-0.25, -0.2) is 4.39 Å². The van der Waals surface area contributed by atoms with E-state index in [4.69, 9.17) is 21.1 Å². The molecule has 0 aliphatic carbocycles. The molecule has 2 saturated heterocycles. The van der Waals surface area contributed by atoms with Crippen molar-refractivity contribution in [1.29, 1.82) is 0 Å². The van der Waals surface area contributed by atoms with Gasteiger partial charge in [0.2, 0.25) is 5.79 Å². The summed E-state index contributed by atoms with van der Waals surface area (Å²) < 4.78 is 25.3. The van der Waals surface area contributed by atoms with E-state index in [1.165, 1.54) is 12.1 Å². The highest BCUT2D eigenvalue weighted by atomic mass is 35.5. The number of Topliss-reactive ketones (excluding diaryl/α,β-unsaturated/α-hetero) is 1. The highest BCUT2D eigenvalue weighted by Crippen LogP contribution is 2.40. The van der Waals surface area contributed by atoms with Gasteiger partial charge in [-0.1, -0.05) is 17.7 Å². The third-order valence-corrected chi connectivity index (χ3v) is 6.78. The zero-order valence-corrected chi connectivity index (χ0v) is 18.1. The van der Waals surface area contributed by atoms with Gasteiger partial charge < -0.3 is 9.47 Å². The van der Waals surface area contributed by atoms with Crippen molar-refractivity contribution in [3.05, 3.63) is 70.0 Å². The molecule has 0 amide bonds. The largest absolute Gasteiger partial charge is 0.342 e. The molecular formula is C24H26ClFN2O3. The van der Waals surface area contributed by atoms with Crippen molar-refractivity contribution < 1.29 is 18.7 Å². The summed E-state index contributed by atoms with van der Waals surface area (Å²) in [5.41, 5.74) is 2.82. The number of rotatable bonds is 4. The Morgan fingerprint density at radius 1 is 1.06 bits per heavy atom. The molecule has 0 atom stereocenters. The van der Waals surface area contributed by atoms with Gasteiger partial charge in [0.1, 0.15) is 5.82 Å². The van der Waals surface area contributed by atoms with Gasteiger partial charge in [-0.3, -0.25) is 14.6 Å². The van der Waals surface area contributed by atoms with Crippen molar-refractivity contribution in [2.24, 2.45) is 5.92 Å². The predicted molar refractivity (Wildman–Crippen MR) is 115 cm³/mol. The molecule has 2 aromatic rings. The summed E-state index contributed by atoms with van der Waals surface area (Å²) in [4.78, 5) is 17.5. The van der Waals surface area contributed by atoms with E-state index in [0.717, 1.165) is 50.3 Å². The number of likely N-dealkylation sites (tertiary alicyclic amines) is 1. The van der Waals surface area contributed by atoms with Gasteiger partial charge in [0.25, 0.3) is 0 Å². The number of piperidine rings is 1. The van der Waals surface area contributed by atoms with Crippen molar-refractivity contribution in [3.63, 3.8) is 0 Å². The number of hydrogen-bond acceptors (Lipinski definition) is 5. The van der Waals surface area contributed by atoms with E-state index in [2.05, 4.69) is 9.80 Å². The van der Waals surface area contributed by atoms with Crippen molar-refractivity contribution in [2.75, 3.05) is 39.5 Å². The van der Waals surface area contributed by atoms with Crippen LogP contribution in [0, 0.1) is 11.7 Å². The predicted octanol–water partition coefficient (Wildman–Crippen LogP) is 4.05. The lowest BCUT2D eigenvalue weighted by molar-refractivity contribution is -0.191. The Kier molecular flexibility index (Phi) is 5.84. The summed E-state index contributed by atoms with van der Waals surface area (Å²) in [6, 6.07) is 11.8. The monoisotopic (exact) mass is 444 g/mol. The summed E-state index contributed by atoms with van der Waals surface area (Å²) in [6.07, 6.45) is 1.62. The zero-order chi connectivity index (χ0) is 21.4. The first-order valence-electron chi connectivity index (χ1n) is 10.8. The fraction of sp³-hybridized carbons (Fsp3) is 0.458. The van der Waals surface area contributed by atoms with E-state index in [9.17, 15) is 9.18 Å². The molecule has 0 saturated carbocycles. The van der Waals surface area contributed by atoms with E-state index in [1.54, 1.807) is 12.1 Å². The molecule has 5 nitrogen and oxygen atoms in total. The molecule has 31 heavy (non-hydrogen) atoms. The van der Waals surface area contributed by atoms with Gasteiger partial charge in [-0.05, 0) is 54.8 Å². The molecule has 7 heteroatoms. The number of benzene rings is 2. The van der Waals surface area contributed by atoms with Gasteiger partial charge >= 0.3 is 0 Å². The van der Waals surface area contributed by atoms with Gasteiger partial charge in [-0.2, -0.15) is 0 Å². The summed E-state index contributed by atoms with van der Waals surface area (Å²) >= 11 is 6.25. The quantitative estimate of drug-likeness (QED) is 0.665. The molecule has 0 radical (unpaired) electrons. The molecular weight excluding hydrogens is 419 g/mol. The number of fused-ring (bicyclic) bond motifs is 2. The standard InChI is InChI=1S/C24H26ClFN2O3/c25-20-3-6-22-19(13-20)14-28(15-24(22)30-11-12-31-24)16-27-9-7-18(8-10-27)23(29)17-1-4-21(26)5-2-17/h1-6,13,18H,7-12,14-16H2. The Labute approximate surface area is 186 Å². The van der Waals surface area contributed by atoms with Crippen LogP contribution in [0.1, 0.15) is 34.3 Å². The lowest BCUT2D eigenvalue weighted by atomic mass is 9.89. The highest BCUT2D eigenvalue weighted by Gasteiger charge is 2.45. The first-order valence-corrected chi connectivity index (χ1v) is 11.2. The maximum Gasteiger partial charge on any atom is 0.208 e. The topological polar surface area (TPSA) is 42.0 Å². The number of ketones is 1. The lowest BCUT2D eigenvalue weighted by Crippen LogP contribution is -2.51. The third kappa shape index (κ3) is 4.28. The molecule has 2 aromatic carbocycles. The first kappa shape index (κ1) is 21.0. The zero-order valence-electron chi connectivity index (χ0n) is 17.4. The minimum atomic E-state index is -0.713. The number of hydrogen-bond donors (Lipinski definition) is 0. The Balaban J connectivity index is 1.22. The maximum atomic E-state index is 13.1. The second kappa shape index (κ2) is 8.60. The van der Waals surface area contributed by atoms with E-state index in [0.29, 0.717) is 30.3 Å². The molecule has 1 spiro atoms. The van der Waals surface area contributed by atoms with Gasteiger partial charge in [0.15, 0.2) is 5.78 Å². The van der Waals surface area contributed by atoms with Gasteiger partial charge in [-0.15, -0.1) is 0 Å². The number of ether oxygens (including phenoxy) is 2. The second-order valence-electron chi connectivity index (χ2n) is 8.64. The Bertz CT molecular complexity index is 954. The van der Waals surface area contributed by atoms with Crippen LogP contribution in [0.25, 0.3) is 0 Å². The van der Waals surface area contributed by atoms with E-state index in [-0.39, 0.29) is 17.5 Å². The molecule has 0 N–H and O–H groups in total. The van der Waals surface area contributed by atoms with Crippen LogP contribution in [0.5, 0.6) is 0 Å². The molecule has 3 heterocycles. The van der Waals surface area contributed by atoms with Crippen LogP contribution >= 0.6 is 11.6 Å². The smallest absolute Gasteiger partial charge is 0.208 e. The third-order valence-electron chi connectivity index (χ3n) is 6.54. The van der Waals surface area contributed by atoms with Crippen LogP contribution in [0.4, 0.5) is 4.39 Å². The van der Waals surface area contributed by atoms with Crippen molar-refractivity contribution >= 4 is 17.4 Å². The van der Waals surface area contributed by atoms with Crippen LogP contribution in [-0.2, 0) is 21.8 Å². The molecule has 0 aromatic heterocycles. The van der Waals surface area contributed by atoms with E-state index >= 15 is 0 Å². The summed E-state index contributed by atoms with van der Waals surface area (Å²) in [6.45, 7) is 5.14. The van der Waals surface area contributed by atoms with E-state index < -0.39 is 5.79 Å². The highest BCUT2D eigenvalue weighted by molar-refractivity contribution is 6.30. The molecule has 164 valence electrons. The Morgan fingerprint density at radius 2 is 1.77 bits per heavy atom. The molecule has 5 rings (SSSR count). The minimum Gasteiger partial charge on any atom is -0.342 e. The van der Waals surface area contributed by atoms with Crippen LogP contribution < -0.4 is 0 Å². The molecule has 0 bridgehead atoms. The fourth-order valence-corrected chi connectivity index (χ4v) is 5.21. The lowest BCUT2D eigenvalue weighted by Gasteiger charge is -2.43. The molecule has 3 aliphatic rings. The summed E-state index contributed by atoms with van der Waals surface area (Å²) in [5, 5.41) is 0.717. The minimum absolute atomic E-state index is 0.00422. The van der Waals surface area contributed by atoms with Crippen molar-refractivity contribution in [3.8, 4) is 0 Å². The molecule has 0 unspecified atom stereocenters. The summed E-state index contributed by atoms with van der Waals surface area (Å²) in [7, 11) is 0. The van der Waals surface area contributed by atoms with Crippen molar-refractivity contribution in [1.82, 2.24) is 9.80 Å². The fourth-order valence-electron chi connectivity index (χ4n) is 5.01. The first-order chi connectivity index (χ1) is 15.0. The van der Waals surface area contributed by atoms with Gasteiger partial charge in [0.05, 0.1) is 26.4 Å². The average molecular weight is 445 g/mol. The number of carbonyl (C=O) groups excluding carboxylic acids is 1. The number of halogens is 2. The normalized spacial score (nSPS) is 22.0. The Morgan fingerprint density at radius 3 is 2.48 bits per heavy atom. The maximum absolute atomic E-state index is 13.1. The Hall–Kier alpha value is -1.83. The SMILES string of the molecule is O=C(c1ccc(F)cc1)C1CCN(CN2Cc3cc(Cl)ccc3C3(C2)OCCO3)CC1. The second-order valence-corrected chi connectivity index (χ2v) is 9.08.